The van der Waals surface area contributed by atoms with E-state index in [4.69, 9.17) is 0 Å². The van der Waals surface area contributed by atoms with Gasteiger partial charge in [-0.15, -0.1) is 0 Å². The van der Waals surface area contributed by atoms with Crippen LogP contribution in [0.25, 0.3) is 0 Å². The van der Waals surface area contributed by atoms with Crippen LogP contribution in [0.3, 0.4) is 0 Å². The molecule has 2 saturated heterocycles. The molecule has 0 bridgehead atoms. The molecular weight excluding hydrogens is 252 g/mol. The van der Waals surface area contributed by atoms with Gasteiger partial charge in [-0.05, 0) is 32.1 Å². The van der Waals surface area contributed by atoms with E-state index in [0.29, 0.717) is 5.91 Å². The van der Waals surface area contributed by atoms with Crippen LogP contribution in [0.15, 0.2) is 18.6 Å². The van der Waals surface area contributed by atoms with Gasteiger partial charge in [0.15, 0.2) is 0 Å². The summed E-state index contributed by atoms with van der Waals surface area (Å²) in [5.41, 5.74) is 0. The molecule has 1 atom stereocenters. The fourth-order valence-corrected chi connectivity index (χ4v) is 3.21. The van der Waals surface area contributed by atoms with E-state index in [0.717, 1.165) is 57.7 Å². The van der Waals surface area contributed by atoms with E-state index >= 15 is 0 Å². The van der Waals surface area contributed by atoms with Crippen molar-refractivity contribution in [1.82, 2.24) is 14.9 Å². The third kappa shape index (κ3) is 2.92. The number of nitrogens with zero attached hydrogens (tertiary/aromatic N) is 4. The molecule has 0 radical (unpaired) electrons. The summed E-state index contributed by atoms with van der Waals surface area (Å²) in [6.07, 6.45) is 10.8. The average molecular weight is 274 g/mol. The Kier molecular flexibility index (Phi) is 4.14. The highest BCUT2D eigenvalue weighted by atomic mass is 16.2. The van der Waals surface area contributed by atoms with Crippen molar-refractivity contribution in [3.63, 3.8) is 0 Å². The minimum absolute atomic E-state index is 0.129. The molecule has 5 nitrogen and oxygen atoms in total. The molecule has 5 heteroatoms. The molecule has 0 saturated carbocycles. The molecular formula is C15H22N4O. The number of anilines is 1. The minimum atomic E-state index is 0.129. The number of hydrogen-bond donors (Lipinski definition) is 0. The largest absolute Gasteiger partial charge is 0.355 e. The molecule has 2 fully saturated rings. The highest BCUT2D eigenvalue weighted by Gasteiger charge is 2.30. The number of rotatable bonds is 2. The van der Waals surface area contributed by atoms with Crippen LogP contribution in [0, 0.1) is 5.92 Å². The van der Waals surface area contributed by atoms with Gasteiger partial charge in [0.2, 0.25) is 5.91 Å². The predicted octanol–water partition coefficient (Wildman–Crippen LogP) is 1.71. The van der Waals surface area contributed by atoms with Gasteiger partial charge < -0.3 is 9.80 Å². The summed E-state index contributed by atoms with van der Waals surface area (Å²) < 4.78 is 0. The molecule has 0 aromatic carbocycles. The number of carbonyl (C=O) groups excluding carboxylic acids is 1. The fraction of sp³-hybridized carbons (Fsp3) is 0.667. The average Bonchev–Trinajstić information content (AvgIpc) is 2.56. The van der Waals surface area contributed by atoms with E-state index in [1.807, 2.05) is 0 Å². The molecule has 1 unspecified atom stereocenters. The summed E-state index contributed by atoms with van der Waals surface area (Å²) in [6.45, 7) is 3.65. The van der Waals surface area contributed by atoms with Crippen LogP contribution in [0.4, 0.5) is 5.82 Å². The quantitative estimate of drug-likeness (QED) is 0.823. The Labute approximate surface area is 120 Å². The van der Waals surface area contributed by atoms with Gasteiger partial charge in [-0.3, -0.25) is 9.78 Å². The lowest BCUT2D eigenvalue weighted by Crippen LogP contribution is -2.46. The third-order valence-corrected chi connectivity index (χ3v) is 4.31. The maximum Gasteiger partial charge on any atom is 0.227 e. The number of carbonyl (C=O) groups is 1. The van der Waals surface area contributed by atoms with Crippen LogP contribution in [0.2, 0.25) is 0 Å². The lowest BCUT2D eigenvalue weighted by molar-refractivity contribution is -0.136. The Hall–Kier alpha value is -1.65. The molecule has 0 spiro atoms. The summed E-state index contributed by atoms with van der Waals surface area (Å²) in [4.78, 5) is 25.3. The van der Waals surface area contributed by atoms with Gasteiger partial charge in [0.05, 0.1) is 12.1 Å². The molecule has 3 heterocycles. The molecule has 3 rings (SSSR count). The Morgan fingerprint density at radius 3 is 2.70 bits per heavy atom. The second kappa shape index (κ2) is 6.20. The lowest BCUT2D eigenvalue weighted by atomic mass is 9.95. The highest BCUT2D eigenvalue weighted by Crippen LogP contribution is 2.23. The van der Waals surface area contributed by atoms with Crippen molar-refractivity contribution in [3.05, 3.63) is 18.6 Å². The molecule has 108 valence electrons. The van der Waals surface area contributed by atoms with Crippen molar-refractivity contribution < 1.29 is 4.79 Å². The maximum atomic E-state index is 12.6. The molecule has 1 aromatic heterocycles. The van der Waals surface area contributed by atoms with Crippen LogP contribution in [0.5, 0.6) is 0 Å². The zero-order valence-corrected chi connectivity index (χ0v) is 11.9. The zero-order chi connectivity index (χ0) is 13.8. The zero-order valence-electron chi connectivity index (χ0n) is 11.9. The molecule has 0 aliphatic carbocycles. The van der Waals surface area contributed by atoms with Gasteiger partial charge in [-0.2, -0.15) is 0 Å². The van der Waals surface area contributed by atoms with Crippen LogP contribution in [0.1, 0.15) is 32.1 Å². The van der Waals surface area contributed by atoms with E-state index in [1.54, 1.807) is 18.6 Å². The standard InChI is InChI=1S/C15H22N4O/c20-15(18-8-2-1-3-9-18)13-5-4-10-19(12-13)14-11-16-6-7-17-14/h6-7,11,13H,1-5,8-10,12H2. The van der Waals surface area contributed by atoms with Gasteiger partial charge in [-0.25, -0.2) is 4.98 Å². The maximum absolute atomic E-state index is 12.6. The third-order valence-electron chi connectivity index (χ3n) is 4.31. The van der Waals surface area contributed by atoms with Gasteiger partial charge in [0.25, 0.3) is 0 Å². The van der Waals surface area contributed by atoms with E-state index in [2.05, 4.69) is 19.8 Å². The van der Waals surface area contributed by atoms with Crippen LogP contribution >= 0.6 is 0 Å². The lowest BCUT2D eigenvalue weighted by Gasteiger charge is -2.36. The first-order valence-electron chi connectivity index (χ1n) is 7.64. The first-order valence-corrected chi connectivity index (χ1v) is 7.64. The van der Waals surface area contributed by atoms with Crippen molar-refractivity contribution in [2.45, 2.75) is 32.1 Å². The van der Waals surface area contributed by atoms with Crippen LogP contribution in [-0.2, 0) is 4.79 Å². The van der Waals surface area contributed by atoms with Gasteiger partial charge in [-0.1, -0.05) is 0 Å². The molecule has 1 amide bonds. The Bertz CT molecular complexity index is 444. The second-order valence-corrected chi connectivity index (χ2v) is 5.73. The van der Waals surface area contributed by atoms with Gasteiger partial charge >= 0.3 is 0 Å². The topological polar surface area (TPSA) is 49.3 Å². The molecule has 20 heavy (non-hydrogen) atoms. The highest BCUT2D eigenvalue weighted by molar-refractivity contribution is 5.79. The van der Waals surface area contributed by atoms with Crippen molar-refractivity contribution in [2.75, 3.05) is 31.1 Å². The number of likely N-dealkylation sites (tertiary alicyclic amines) is 1. The summed E-state index contributed by atoms with van der Waals surface area (Å²) in [6, 6.07) is 0. The monoisotopic (exact) mass is 274 g/mol. The minimum Gasteiger partial charge on any atom is -0.355 e. The summed E-state index contributed by atoms with van der Waals surface area (Å²) in [5.74, 6) is 1.37. The SMILES string of the molecule is O=C(C1CCCN(c2cnccn2)C1)N1CCCCC1. The Balaban J connectivity index is 1.64. The smallest absolute Gasteiger partial charge is 0.227 e. The Morgan fingerprint density at radius 1 is 1.10 bits per heavy atom. The van der Waals surface area contributed by atoms with E-state index < -0.39 is 0 Å². The molecule has 0 N–H and O–H groups in total. The molecule has 2 aliphatic heterocycles. The number of amides is 1. The van der Waals surface area contributed by atoms with Crippen molar-refractivity contribution in [1.29, 1.82) is 0 Å². The number of aromatic nitrogens is 2. The van der Waals surface area contributed by atoms with Gasteiger partial charge in [0.1, 0.15) is 5.82 Å². The summed E-state index contributed by atoms with van der Waals surface area (Å²) in [7, 11) is 0. The van der Waals surface area contributed by atoms with Crippen molar-refractivity contribution in [3.8, 4) is 0 Å². The van der Waals surface area contributed by atoms with Crippen LogP contribution < -0.4 is 4.90 Å². The van der Waals surface area contributed by atoms with Crippen LogP contribution in [-0.4, -0.2) is 47.0 Å². The van der Waals surface area contributed by atoms with Crippen molar-refractivity contribution >= 4 is 11.7 Å². The summed E-state index contributed by atoms with van der Waals surface area (Å²) in [5, 5.41) is 0. The van der Waals surface area contributed by atoms with E-state index in [1.165, 1.54) is 6.42 Å². The predicted molar refractivity (Wildman–Crippen MR) is 77.4 cm³/mol. The molecule has 2 aliphatic rings. The second-order valence-electron chi connectivity index (χ2n) is 5.73. The normalized spacial score (nSPS) is 23.7. The fourth-order valence-electron chi connectivity index (χ4n) is 3.21. The van der Waals surface area contributed by atoms with E-state index in [9.17, 15) is 4.79 Å². The van der Waals surface area contributed by atoms with Crippen molar-refractivity contribution in [2.24, 2.45) is 5.92 Å². The first-order chi connectivity index (χ1) is 9.84. The summed E-state index contributed by atoms with van der Waals surface area (Å²) >= 11 is 0. The van der Waals surface area contributed by atoms with Gasteiger partial charge in [0, 0.05) is 38.6 Å². The molecule has 1 aromatic rings. The number of hydrogen-bond acceptors (Lipinski definition) is 4. The Morgan fingerprint density at radius 2 is 1.95 bits per heavy atom. The first kappa shape index (κ1) is 13.3. The van der Waals surface area contributed by atoms with E-state index in [-0.39, 0.29) is 5.92 Å². The number of piperidine rings is 2.